The largest absolute Gasteiger partial charge is 0.347 e. The number of benzene rings is 2. The molecule has 4 N–H and O–H groups in total. The molecule has 0 unspecified atom stereocenters. The highest BCUT2D eigenvalue weighted by Gasteiger charge is 2.26. The van der Waals surface area contributed by atoms with E-state index >= 15 is 0 Å². The van der Waals surface area contributed by atoms with Crippen molar-refractivity contribution in [1.29, 1.82) is 0 Å². The molecule has 2 aromatic rings. The van der Waals surface area contributed by atoms with E-state index in [0.29, 0.717) is 17.7 Å². The lowest BCUT2D eigenvalue weighted by Gasteiger charge is -2.25. The van der Waals surface area contributed by atoms with E-state index < -0.39 is 42.3 Å². The number of fused-ring (bicyclic) bond motifs is 2. The Labute approximate surface area is 238 Å². The van der Waals surface area contributed by atoms with Crippen molar-refractivity contribution in [1.82, 2.24) is 21.3 Å². The first-order valence-electron chi connectivity index (χ1n) is 13.4. The van der Waals surface area contributed by atoms with Crippen molar-refractivity contribution in [3.05, 3.63) is 59.7 Å². The van der Waals surface area contributed by atoms with Gasteiger partial charge in [-0.2, -0.15) is 0 Å². The van der Waals surface area contributed by atoms with Crippen LogP contribution in [0, 0.1) is 5.92 Å². The molecule has 0 bridgehead atoms. The van der Waals surface area contributed by atoms with Crippen LogP contribution in [0.15, 0.2) is 48.5 Å². The number of nitrogens with zero attached hydrogens (tertiary/aromatic N) is 1. The van der Waals surface area contributed by atoms with Gasteiger partial charge in [0.1, 0.15) is 12.3 Å². The Kier molecular flexibility index (Phi) is 10.9. The first-order chi connectivity index (χ1) is 19.6. The Hall–Kier alpha value is -4.80. The van der Waals surface area contributed by atoms with Gasteiger partial charge in [0.2, 0.25) is 29.5 Å². The van der Waals surface area contributed by atoms with Gasteiger partial charge in [-0.3, -0.25) is 28.9 Å². The Morgan fingerprint density at radius 1 is 0.732 bits per heavy atom. The van der Waals surface area contributed by atoms with Gasteiger partial charge in [-0.25, -0.2) is 0 Å². The third kappa shape index (κ3) is 8.59. The average molecular weight is 562 g/mol. The topological polar surface area (TPSA) is 154 Å². The summed E-state index contributed by atoms with van der Waals surface area (Å²) in [4.78, 5) is 74.9. The molecule has 1 aliphatic heterocycles. The fraction of sp³-hybridized carbons (Fsp3) is 0.333. The Bertz CT molecular complexity index is 1290. The van der Waals surface area contributed by atoms with Crippen molar-refractivity contribution in [3.63, 3.8) is 0 Å². The summed E-state index contributed by atoms with van der Waals surface area (Å²) < 4.78 is 0. The van der Waals surface area contributed by atoms with E-state index in [-0.39, 0.29) is 31.2 Å². The number of carbonyl (C=O) groups excluding carboxylic acids is 6. The SMILES string of the molecule is CC(C)[C@H](NC(=O)CNC(=O)CNC(=O)CCC(=O)N1c2ccccc2C=Cc2ccccc21)C(=O)N[C@@H](C)C=O. The molecule has 0 saturated heterocycles. The third-order valence-corrected chi connectivity index (χ3v) is 6.35. The summed E-state index contributed by atoms with van der Waals surface area (Å²) in [6.07, 6.45) is 4.25. The molecule has 1 heterocycles. The molecule has 2 atom stereocenters. The van der Waals surface area contributed by atoms with Crippen LogP contribution in [0.5, 0.6) is 0 Å². The van der Waals surface area contributed by atoms with Gasteiger partial charge in [-0.1, -0.05) is 62.4 Å². The zero-order valence-electron chi connectivity index (χ0n) is 23.3. The van der Waals surface area contributed by atoms with Crippen molar-refractivity contribution in [2.45, 2.75) is 45.7 Å². The maximum atomic E-state index is 13.3. The lowest BCUT2D eigenvalue weighted by molar-refractivity contribution is -0.131. The highest BCUT2D eigenvalue weighted by Crippen LogP contribution is 2.36. The molecular weight excluding hydrogens is 526 g/mol. The minimum Gasteiger partial charge on any atom is -0.347 e. The molecule has 1 aliphatic rings. The first kappa shape index (κ1) is 30.7. The van der Waals surface area contributed by atoms with Gasteiger partial charge >= 0.3 is 0 Å². The second kappa shape index (κ2) is 14.5. The van der Waals surface area contributed by atoms with Crippen molar-refractivity contribution in [3.8, 4) is 0 Å². The van der Waals surface area contributed by atoms with E-state index in [9.17, 15) is 28.8 Å². The summed E-state index contributed by atoms with van der Waals surface area (Å²) in [5.41, 5.74) is 3.18. The lowest BCUT2D eigenvalue weighted by atomic mass is 10.0. The normalized spacial score (nSPS) is 13.1. The predicted octanol–water partition coefficient (Wildman–Crippen LogP) is 1.69. The molecule has 0 radical (unpaired) electrons. The monoisotopic (exact) mass is 561 g/mol. The molecule has 216 valence electrons. The molecular formula is C30H35N5O6. The van der Waals surface area contributed by atoms with Crippen molar-refractivity contribution >= 4 is 59.3 Å². The second-order valence-electron chi connectivity index (χ2n) is 9.96. The van der Waals surface area contributed by atoms with Crippen LogP contribution in [-0.2, 0) is 28.8 Å². The van der Waals surface area contributed by atoms with Crippen molar-refractivity contribution in [2.24, 2.45) is 5.92 Å². The van der Waals surface area contributed by atoms with Gasteiger partial charge in [0.25, 0.3) is 0 Å². The van der Waals surface area contributed by atoms with Gasteiger partial charge in [-0.15, -0.1) is 0 Å². The Morgan fingerprint density at radius 2 is 1.27 bits per heavy atom. The number of hydrogen-bond acceptors (Lipinski definition) is 6. The van der Waals surface area contributed by atoms with Crippen LogP contribution in [0.1, 0.15) is 44.7 Å². The molecule has 0 aromatic heterocycles. The zero-order chi connectivity index (χ0) is 29.9. The fourth-order valence-electron chi connectivity index (χ4n) is 4.19. The predicted molar refractivity (Wildman–Crippen MR) is 155 cm³/mol. The number of hydrogen-bond donors (Lipinski definition) is 4. The lowest BCUT2D eigenvalue weighted by Crippen LogP contribution is -2.54. The van der Waals surface area contributed by atoms with E-state index in [4.69, 9.17) is 0 Å². The minimum atomic E-state index is -0.891. The Morgan fingerprint density at radius 3 is 1.83 bits per heavy atom. The molecule has 0 spiro atoms. The number of nitrogens with one attached hydrogen (secondary N) is 4. The summed E-state index contributed by atoms with van der Waals surface area (Å²) in [7, 11) is 0. The van der Waals surface area contributed by atoms with Crippen LogP contribution in [0.3, 0.4) is 0 Å². The number of rotatable bonds is 12. The van der Waals surface area contributed by atoms with Crippen LogP contribution in [0.25, 0.3) is 12.2 Å². The van der Waals surface area contributed by atoms with Crippen LogP contribution in [0.4, 0.5) is 11.4 Å². The van der Waals surface area contributed by atoms with Crippen LogP contribution in [-0.4, -0.2) is 61.0 Å². The molecule has 11 heteroatoms. The van der Waals surface area contributed by atoms with Crippen LogP contribution in [0.2, 0.25) is 0 Å². The number of aldehydes is 1. The van der Waals surface area contributed by atoms with Gasteiger partial charge in [-0.05, 0) is 36.1 Å². The van der Waals surface area contributed by atoms with E-state index in [1.54, 1.807) is 18.7 Å². The molecule has 2 aromatic carbocycles. The van der Waals surface area contributed by atoms with Crippen molar-refractivity contribution < 1.29 is 28.8 Å². The van der Waals surface area contributed by atoms with E-state index in [1.165, 1.54) is 6.92 Å². The van der Waals surface area contributed by atoms with Gasteiger partial charge in [0.05, 0.1) is 30.5 Å². The summed E-state index contributed by atoms with van der Waals surface area (Å²) >= 11 is 0. The minimum absolute atomic E-state index is 0.0834. The summed E-state index contributed by atoms with van der Waals surface area (Å²) in [5.74, 6) is -2.74. The number of para-hydroxylation sites is 2. The third-order valence-electron chi connectivity index (χ3n) is 6.35. The van der Waals surface area contributed by atoms with Gasteiger partial charge < -0.3 is 26.1 Å². The second-order valence-corrected chi connectivity index (χ2v) is 9.96. The number of amides is 5. The first-order valence-corrected chi connectivity index (χ1v) is 13.4. The molecule has 11 nitrogen and oxygen atoms in total. The molecule has 3 rings (SSSR count). The number of carbonyl (C=O) groups is 6. The van der Waals surface area contributed by atoms with Crippen LogP contribution >= 0.6 is 0 Å². The van der Waals surface area contributed by atoms with Crippen LogP contribution < -0.4 is 26.2 Å². The fourth-order valence-corrected chi connectivity index (χ4v) is 4.19. The van der Waals surface area contributed by atoms with Gasteiger partial charge in [0, 0.05) is 12.8 Å². The van der Waals surface area contributed by atoms with Gasteiger partial charge in [0.15, 0.2) is 0 Å². The average Bonchev–Trinajstić information content (AvgIpc) is 3.13. The standard InChI is InChI=1S/C30H35N5O6/c1-19(2)29(30(41)33-20(3)18-36)34-27(39)17-32-26(38)16-31-25(37)14-15-28(40)35-23-10-6-4-8-21(23)12-13-22-9-5-7-11-24(22)35/h4-13,18-20,29H,14-17H2,1-3H3,(H,31,37)(H,32,38)(H,33,41)(H,34,39)/t20-,29-/m0/s1. The van der Waals surface area contributed by atoms with E-state index in [2.05, 4.69) is 21.3 Å². The highest BCUT2D eigenvalue weighted by atomic mass is 16.2. The van der Waals surface area contributed by atoms with Crippen molar-refractivity contribution in [2.75, 3.05) is 18.0 Å². The molecule has 5 amide bonds. The van der Waals surface area contributed by atoms with E-state index in [0.717, 1.165) is 11.1 Å². The van der Waals surface area contributed by atoms with E-state index in [1.807, 2.05) is 60.7 Å². The molecule has 0 fully saturated rings. The molecule has 0 aliphatic carbocycles. The maximum Gasteiger partial charge on any atom is 0.243 e. The number of anilines is 2. The zero-order valence-corrected chi connectivity index (χ0v) is 23.3. The maximum absolute atomic E-state index is 13.3. The molecule has 41 heavy (non-hydrogen) atoms. The smallest absolute Gasteiger partial charge is 0.243 e. The Balaban J connectivity index is 1.47. The summed E-state index contributed by atoms with van der Waals surface area (Å²) in [6, 6.07) is 13.4. The summed E-state index contributed by atoms with van der Waals surface area (Å²) in [5, 5.41) is 9.85. The summed E-state index contributed by atoms with van der Waals surface area (Å²) in [6.45, 7) is 4.19. The quantitative estimate of drug-likeness (QED) is 0.289. The molecule has 0 saturated carbocycles. The highest BCUT2D eigenvalue weighted by molar-refractivity contribution is 6.07.